The van der Waals surface area contributed by atoms with Gasteiger partial charge >= 0.3 is 6.01 Å². The Kier molecular flexibility index (Phi) is 8.80. The molecule has 252 valence electrons. The molecule has 4 aliphatic rings. The molecule has 2 aromatic heterocycles. The SMILES string of the molecule is CN(C1CC1)[C@@]1(C)SC1COc1nc2c(c(N3CCN(C(=O)/C=C/CF)[C@]([SiH3])(CC#N)C3)n1)CCN(c1cncc3cccc(F)c13)C2. The lowest BCUT2D eigenvalue weighted by Gasteiger charge is -2.49. The molecule has 10 nitrogen and oxygen atoms in total. The highest BCUT2D eigenvalue weighted by atomic mass is 32.2. The first-order valence-corrected chi connectivity index (χ1v) is 18.4. The topological polar surface area (TPSA) is 102 Å². The molecule has 0 N–H and O–H groups in total. The summed E-state index contributed by atoms with van der Waals surface area (Å²) in [5, 5.41) is 10.7. The van der Waals surface area contributed by atoms with E-state index in [0.717, 1.165) is 22.5 Å². The number of amides is 1. The second-order valence-electron chi connectivity index (χ2n) is 13.5. The van der Waals surface area contributed by atoms with Gasteiger partial charge in [0.1, 0.15) is 24.9 Å². The molecule has 3 fully saturated rings. The zero-order valence-corrected chi connectivity index (χ0v) is 30.3. The van der Waals surface area contributed by atoms with Gasteiger partial charge in [-0.05, 0) is 45.4 Å². The van der Waals surface area contributed by atoms with Gasteiger partial charge in [0.2, 0.25) is 5.91 Å². The molecule has 14 heteroatoms. The van der Waals surface area contributed by atoms with Crippen molar-refractivity contribution >= 4 is 50.2 Å². The van der Waals surface area contributed by atoms with Crippen molar-refractivity contribution in [2.24, 2.45) is 0 Å². The van der Waals surface area contributed by atoms with Crippen LogP contribution in [0.1, 0.15) is 37.4 Å². The molecule has 1 aromatic carbocycles. The van der Waals surface area contributed by atoms with Crippen LogP contribution in [0.2, 0.25) is 0 Å². The van der Waals surface area contributed by atoms with E-state index in [0.29, 0.717) is 84.4 Å². The summed E-state index contributed by atoms with van der Waals surface area (Å²) in [7, 11) is 2.72. The van der Waals surface area contributed by atoms with Crippen LogP contribution in [0.4, 0.5) is 20.3 Å². The van der Waals surface area contributed by atoms with E-state index in [1.54, 1.807) is 23.4 Å². The lowest BCUT2D eigenvalue weighted by Crippen LogP contribution is -2.64. The fraction of sp³-hybridized carbons (Fsp3) is 0.500. The molecule has 7 rings (SSSR count). The van der Waals surface area contributed by atoms with E-state index in [2.05, 4.69) is 39.7 Å². The van der Waals surface area contributed by atoms with Gasteiger partial charge in [-0.3, -0.25) is 14.7 Å². The summed E-state index contributed by atoms with van der Waals surface area (Å²) in [5.74, 6) is 0.181. The number of anilines is 2. The number of benzene rings is 1. The number of ether oxygens (including phenoxy) is 1. The number of nitrogens with zero attached hydrogens (tertiary/aromatic N) is 8. The minimum Gasteiger partial charge on any atom is -0.462 e. The lowest BCUT2D eigenvalue weighted by atomic mass is 10.0. The van der Waals surface area contributed by atoms with Crippen molar-refractivity contribution in [2.75, 3.05) is 56.3 Å². The molecule has 3 aliphatic heterocycles. The summed E-state index contributed by atoms with van der Waals surface area (Å²) in [6, 6.07) is 8.25. The van der Waals surface area contributed by atoms with Gasteiger partial charge in [-0.2, -0.15) is 15.2 Å². The number of alkyl halides is 1. The van der Waals surface area contributed by atoms with Crippen molar-refractivity contribution in [3.63, 3.8) is 0 Å². The smallest absolute Gasteiger partial charge is 0.318 e. The average molecular weight is 691 g/mol. The largest absolute Gasteiger partial charge is 0.462 e. The van der Waals surface area contributed by atoms with E-state index in [-0.39, 0.29) is 23.0 Å². The highest BCUT2D eigenvalue weighted by molar-refractivity contribution is 8.08. The Hall–Kier alpha value is -3.80. The fourth-order valence-corrected chi connectivity index (χ4v) is 9.42. The molecule has 1 unspecified atom stereocenters. The molecule has 0 spiro atoms. The summed E-state index contributed by atoms with van der Waals surface area (Å²) in [5.41, 5.74) is 2.51. The van der Waals surface area contributed by atoms with Crippen molar-refractivity contribution in [3.8, 4) is 12.1 Å². The highest BCUT2D eigenvalue weighted by Crippen LogP contribution is 2.57. The maximum absolute atomic E-state index is 15.1. The Balaban J connectivity index is 1.20. The number of carbonyl (C=O) groups is 1. The third-order valence-electron chi connectivity index (χ3n) is 10.3. The van der Waals surface area contributed by atoms with Crippen LogP contribution >= 0.6 is 11.8 Å². The normalized spacial score (nSPS) is 25.5. The molecular formula is C34H40F2N8O2SSi. The zero-order chi connectivity index (χ0) is 33.6. The van der Waals surface area contributed by atoms with E-state index in [1.807, 2.05) is 17.8 Å². The Labute approximate surface area is 286 Å². The van der Waals surface area contributed by atoms with Crippen LogP contribution in [0.25, 0.3) is 10.8 Å². The molecular weight excluding hydrogens is 651 g/mol. The predicted octanol–water partition coefficient (Wildman–Crippen LogP) is 3.18. The molecule has 3 atom stereocenters. The van der Waals surface area contributed by atoms with Crippen LogP contribution in [0, 0.1) is 17.1 Å². The van der Waals surface area contributed by atoms with Gasteiger partial charge in [-0.25, -0.2) is 8.78 Å². The molecule has 1 aliphatic carbocycles. The van der Waals surface area contributed by atoms with Gasteiger partial charge in [0.05, 0.1) is 51.9 Å². The van der Waals surface area contributed by atoms with Crippen LogP contribution in [0.5, 0.6) is 6.01 Å². The van der Waals surface area contributed by atoms with Crippen molar-refractivity contribution in [1.82, 2.24) is 24.8 Å². The van der Waals surface area contributed by atoms with Gasteiger partial charge < -0.3 is 19.4 Å². The summed E-state index contributed by atoms with van der Waals surface area (Å²) >= 11 is 1.90. The highest BCUT2D eigenvalue weighted by Gasteiger charge is 2.58. The maximum atomic E-state index is 15.1. The van der Waals surface area contributed by atoms with Crippen LogP contribution in [-0.4, -0.2) is 109 Å². The minimum absolute atomic E-state index is 0.0314. The number of fused-ring (bicyclic) bond motifs is 2. The molecule has 1 saturated carbocycles. The van der Waals surface area contributed by atoms with E-state index >= 15 is 4.39 Å². The Morgan fingerprint density at radius 1 is 1.25 bits per heavy atom. The first-order valence-electron chi connectivity index (χ1n) is 16.5. The quantitative estimate of drug-likeness (QED) is 0.179. The molecule has 0 radical (unpaired) electrons. The summed E-state index contributed by atoms with van der Waals surface area (Å²) in [6.45, 7) is 4.36. The maximum Gasteiger partial charge on any atom is 0.318 e. The molecule has 0 bridgehead atoms. The zero-order valence-electron chi connectivity index (χ0n) is 27.5. The number of halogens is 2. The number of aromatic nitrogens is 3. The van der Waals surface area contributed by atoms with E-state index < -0.39 is 11.8 Å². The van der Waals surface area contributed by atoms with Crippen molar-refractivity contribution in [3.05, 3.63) is 59.8 Å². The van der Waals surface area contributed by atoms with Crippen molar-refractivity contribution in [1.29, 1.82) is 5.26 Å². The first kappa shape index (κ1) is 32.7. The predicted molar refractivity (Wildman–Crippen MR) is 186 cm³/mol. The molecule has 1 amide bonds. The number of hydrogen-bond donors (Lipinski definition) is 0. The number of rotatable bonds is 10. The number of piperazine rings is 1. The molecule has 5 heterocycles. The number of nitriles is 1. The molecule has 3 aromatic rings. The third kappa shape index (κ3) is 6.12. The van der Waals surface area contributed by atoms with Crippen LogP contribution in [-0.2, 0) is 17.8 Å². The average Bonchev–Trinajstić information content (AvgIpc) is 4.02. The number of pyridine rings is 1. The van der Waals surface area contributed by atoms with Gasteiger partial charge in [-0.1, -0.05) is 12.1 Å². The number of hydrogen-bond acceptors (Lipinski definition) is 10. The van der Waals surface area contributed by atoms with Crippen LogP contribution in [0.3, 0.4) is 0 Å². The number of carbonyl (C=O) groups excluding carboxylic acids is 1. The van der Waals surface area contributed by atoms with E-state index in [9.17, 15) is 14.4 Å². The second-order valence-corrected chi connectivity index (χ2v) is 17.0. The second kappa shape index (κ2) is 12.9. The number of thioether (sulfide) groups is 1. The van der Waals surface area contributed by atoms with Crippen LogP contribution < -0.4 is 14.5 Å². The Morgan fingerprint density at radius 2 is 2.08 bits per heavy atom. The fourth-order valence-electron chi connectivity index (χ4n) is 7.24. The van der Waals surface area contributed by atoms with Crippen molar-refractivity contribution < 1.29 is 18.3 Å². The molecule has 2 saturated heterocycles. The van der Waals surface area contributed by atoms with E-state index in [4.69, 9.17) is 14.7 Å². The van der Waals surface area contributed by atoms with E-state index in [1.165, 1.54) is 31.1 Å². The summed E-state index contributed by atoms with van der Waals surface area (Å²) < 4.78 is 34.3. The Bertz CT molecular complexity index is 1800. The van der Waals surface area contributed by atoms with Gasteiger partial charge in [0, 0.05) is 71.1 Å². The number of allylic oxidation sites excluding steroid dienone is 1. The van der Waals surface area contributed by atoms with Gasteiger partial charge in [0.15, 0.2) is 0 Å². The molecule has 48 heavy (non-hydrogen) atoms. The summed E-state index contributed by atoms with van der Waals surface area (Å²) in [6.07, 6.45) is 9.12. The minimum atomic E-state index is -0.720. The van der Waals surface area contributed by atoms with Gasteiger partial charge in [-0.15, -0.1) is 11.8 Å². The lowest BCUT2D eigenvalue weighted by molar-refractivity contribution is -0.129. The van der Waals surface area contributed by atoms with Crippen LogP contribution in [0.15, 0.2) is 42.7 Å². The van der Waals surface area contributed by atoms with Gasteiger partial charge in [0.25, 0.3) is 0 Å². The third-order valence-corrected chi connectivity index (χ3v) is 13.2. The Morgan fingerprint density at radius 3 is 2.85 bits per heavy atom. The van der Waals surface area contributed by atoms with Crippen molar-refractivity contribution in [2.45, 2.75) is 60.5 Å². The first-order chi connectivity index (χ1) is 23.1. The summed E-state index contributed by atoms with van der Waals surface area (Å²) in [4.78, 5) is 35.9. The standard InChI is InChI=1S/C34H40F2N8O2SSi/c1-33(41(2)23-8-9-23)28(47-33)20-46-32-39-26-19-42(27-18-38-17-22-5-3-6-25(36)30(22)27)14-10-24(26)31(40-32)43-15-16-44(29(45)7-4-12-35)34(48,21-43)11-13-37/h3-7,17-18,23,28H,8-12,14-16,19-21H2,1-2,48H3/b7-4+/t28?,33-,34-/m0/s1. The monoisotopic (exact) mass is 690 g/mol.